The molecule has 9 nitrogen and oxygen atoms in total. The molecule has 3 amide bonds. The Balaban J connectivity index is 1.42. The van der Waals surface area contributed by atoms with E-state index in [4.69, 9.17) is 10.1 Å². The first-order chi connectivity index (χ1) is 19.7. The molecule has 4 rings (SSSR count). The SMILES string of the molecule is COC(=O)N[C@@H](Cc1ccccc1)C(=O)NCCCC(CC1CC1)N1C(=N)N[C@@](CC(C)C)(c2ccccc2)C1=O. The standard InChI is InChI=1S/C32H43N5O4/c1-22(2)21-32(25-13-8-5-9-14-25)29(39)37(30(33)36-32)26(19-24-16-17-24)15-10-18-34-28(38)27(35-31(40)41-3)20-23-11-6-4-7-12-23/h4-9,11-14,22,24,26-27H,10,15-21H2,1-3H3,(H2,33,36)(H,34,38)(H,35,40)/t26?,27-,32-/m0/s1. The van der Waals surface area contributed by atoms with Crippen LogP contribution in [-0.2, 0) is 26.3 Å². The molecule has 2 aromatic carbocycles. The highest BCUT2D eigenvalue weighted by molar-refractivity contribution is 6.08. The molecule has 2 aromatic rings. The number of hydrogen-bond donors (Lipinski definition) is 4. The first-order valence-electron chi connectivity index (χ1n) is 14.7. The topological polar surface area (TPSA) is 124 Å². The van der Waals surface area contributed by atoms with Crippen LogP contribution in [-0.4, -0.2) is 54.5 Å². The van der Waals surface area contributed by atoms with E-state index in [9.17, 15) is 14.4 Å². The second-order valence-electron chi connectivity index (χ2n) is 11.7. The second-order valence-corrected chi connectivity index (χ2v) is 11.7. The molecule has 2 aliphatic rings. The van der Waals surface area contributed by atoms with Crippen LogP contribution in [0.15, 0.2) is 60.7 Å². The Bertz CT molecular complexity index is 1200. The lowest BCUT2D eigenvalue weighted by molar-refractivity contribution is -0.134. The minimum absolute atomic E-state index is 0.0673. The third-order valence-corrected chi connectivity index (χ3v) is 7.90. The molecule has 9 heteroatoms. The van der Waals surface area contributed by atoms with Crippen molar-refractivity contribution in [3.8, 4) is 0 Å². The summed E-state index contributed by atoms with van der Waals surface area (Å²) in [6, 6.07) is 18.3. The summed E-state index contributed by atoms with van der Waals surface area (Å²) < 4.78 is 4.72. The van der Waals surface area contributed by atoms with Gasteiger partial charge in [-0.05, 0) is 48.6 Å². The quantitative estimate of drug-likeness (QED) is 0.256. The summed E-state index contributed by atoms with van der Waals surface area (Å²) >= 11 is 0. The van der Waals surface area contributed by atoms with E-state index in [0.717, 1.165) is 30.4 Å². The summed E-state index contributed by atoms with van der Waals surface area (Å²) in [7, 11) is 1.27. The lowest BCUT2D eigenvalue weighted by atomic mass is 9.82. The smallest absolute Gasteiger partial charge is 0.407 e. The van der Waals surface area contributed by atoms with Crippen LogP contribution in [0.2, 0.25) is 0 Å². The molecule has 1 aliphatic heterocycles. The van der Waals surface area contributed by atoms with E-state index < -0.39 is 17.7 Å². The molecule has 0 radical (unpaired) electrons. The van der Waals surface area contributed by atoms with E-state index >= 15 is 0 Å². The zero-order valence-corrected chi connectivity index (χ0v) is 24.3. The zero-order valence-electron chi connectivity index (χ0n) is 24.3. The lowest BCUT2D eigenvalue weighted by Crippen LogP contribution is -2.48. The predicted molar refractivity (Wildman–Crippen MR) is 158 cm³/mol. The predicted octanol–water partition coefficient (Wildman–Crippen LogP) is 4.33. The van der Waals surface area contributed by atoms with Crippen molar-refractivity contribution in [2.75, 3.05) is 13.7 Å². The Hall–Kier alpha value is -3.88. The summed E-state index contributed by atoms with van der Waals surface area (Å²) in [5, 5.41) is 17.7. The molecule has 1 aliphatic carbocycles. The van der Waals surface area contributed by atoms with Gasteiger partial charge in [0.15, 0.2) is 5.96 Å². The van der Waals surface area contributed by atoms with Crippen molar-refractivity contribution in [2.45, 2.75) is 76.4 Å². The number of carbonyl (C=O) groups excluding carboxylic acids is 3. The van der Waals surface area contributed by atoms with Crippen LogP contribution in [0.3, 0.4) is 0 Å². The Morgan fingerprint density at radius 2 is 1.76 bits per heavy atom. The second kappa shape index (κ2) is 13.7. The van der Waals surface area contributed by atoms with E-state index in [1.165, 1.54) is 7.11 Å². The van der Waals surface area contributed by atoms with Crippen molar-refractivity contribution in [3.05, 3.63) is 71.8 Å². The summed E-state index contributed by atoms with van der Waals surface area (Å²) in [5.74, 6) is 0.608. The van der Waals surface area contributed by atoms with Gasteiger partial charge >= 0.3 is 6.09 Å². The van der Waals surface area contributed by atoms with E-state index in [0.29, 0.717) is 38.1 Å². The van der Waals surface area contributed by atoms with Gasteiger partial charge in [0.05, 0.1) is 7.11 Å². The highest BCUT2D eigenvalue weighted by Crippen LogP contribution is 2.40. The molecule has 3 atom stereocenters. The third-order valence-electron chi connectivity index (χ3n) is 7.90. The van der Waals surface area contributed by atoms with Crippen molar-refractivity contribution >= 4 is 23.9 Å². The molecule has 0 aromatic heterocycles. The summed E-state index contributed by atoms with van der Waals surface area (Å²) in [6.07, 6.45) is 4.71. The van der Waals surface area contributed by atoms with Gasteiger partial charge in [0.25, 0.3) is 5.91 Å². The Morgan fingerprint density at radius 3 is 2.37 bits per heavy atom. The van der Waals surface area contributed by atoms with Gasteiger partial charge in [0.1, 0.15) is 11.6 Å². The Morgan fingerprint density at radius 1 is 1.10 bits per heavy atom. The van der Waals surface area contributed by atoms with Crippen molar-refractivity contribution in [3.63, 3.8) is 0 Å². The highest BCUT2D eigenvalue weighted by Gasteiger charge is 2.53. The normalized spacial score (nSPS) is 20.0. The van der Waals surface area contributed by atoms with Crippen LogP contribution >= 0.6 is 0 Å². The molecule has 0 spiro atoms. The molecule has 1 saturated heterocycles. The average molecular weight is 562 g/mol. The number of guanidine groups is 1. The molecule has 4 N–H and O–H groups in total. The molecule has 2 fully saturated rings. The maximum atomic E-state index is 14.2. The number of nitrogens with one attached hydrogen (secondary N) is 4. The van der Waals surface area contributed by atoms with Gasteiger partial charge < -0.3 is 20.7 Å². The lowest BCUT2D eigenvalue weighted by Gasteiger charge is -2.31. The van der Waals surface area contributed by atoms with Gasteiger partial charge in [-0.15, -0.1) is 0 Å². The minimum atomic E-state index is -0.952. The van der Waals surface area contributed by atoms with Gasteiger partial charge in [-0.1, -0.05) is 87.4 Å². The Kier molecular flexibility index (Phi) is 10.0. The van der Waals surface area contributed by atoms with Crippen molar-refractivity contribution in [1.82, 2.24) is 20.9 Å². The molecule has 1 unspecified atom stereocenters. The monoisotopic (exact) mass is 561 g/mol. The fourth-order valence-corrected chi connectivity index (χ4v) is 5.78. The van der Waals surface area contributed by atoms with Gasteiger partial charge in [-0.25, -0.2) is 4.79 Å². The number of alkyl carbamates (subject to hydrolysis) is 1. The van der Waals surface area contributed by atoms with E-state index in [1.54, 1.807) is 4.90 Å². The molecular weight excluding hydrogens is 518 g/mol. The van der Waals surface area contributed by atoms with Crippen LogP contribution in [0.25, 0.3) is 0 Å². The first-order valence-corrected chi connectivity index (χ1v) is 14.7. The number of benzene rings is 2. The van der Waals surface area contributed by atoms with E-state index in [-0.39, 0.29) is 29.7 Å². The van der Waals surface area contributed by atoms with Crippen LogP contribution in [0.5, 0.6) is 0 Å². The maximum Gasteiger partial charge on any atom is 0.407 e. The number of hydrogen-bond acceptors (Lipinski definition) is 5. The van der Waals surface area contributed by atoms with E-state index in [2.05, 4.69) is 29.8 Å². The van der Waals surface area contributed by atoms with Gasteiger partial charge in [0.2, 0.25) is 5.91 Å². The van der Waals surface area contributed by atoms with Gasteiger partial charge in [0, 0.05) is 19.0 Å². The molecule has 41 heavy (non-hydrogen) atoms. The molecule has 1 saturated carbocycles. The van der Waals surface area contributed by atoms with Gasteiger partial charge in [-0.3, -0.25) is 19.9 Å². The summed E-state index contributed by atoms with van der Waals surface area (Å²) in [6.45, 7) is 4.58. The number of rotatable bonds is 14. The fraction of sp³-hybridized carbons (Fsp3) is 0.500. The van der Waals surface area contributed by atoms with Crippen LogP contribution < -0.4 is 16.0 Å². The number of carbonyl (C=O) groups is 3. The summed E-state index contributed by atoms with van der Waals surface area (Å²) in [5.41, 5.74) is 0.855. The number of methoxy groups -OCH3 is 1. The Labute approximate surface area is 242 Å². The highest BCUT2D eigenvalue weighted by atomic mass is 16.5. The van der Waals surface area contributed by atoms with Crippen LogP contribution in [0.1, 0.15) is 63.5 Å². The van der Waals surface area contributed by atoms with Gasteiger partial charge in [-0.2, -0.15) is 0 Å². The summed E-state index contributed by atoms with van der Waals surface area (Å²) in [4.78, 5) is 40.8. The van der Waals surface area contributed by atoms with Crippen molar-refractivity contribution in [1.29, 1.82) is 5.41 Å². The first kappa shape index (κ1) is 30.1. The number of ether oxygens (including phenoxy) is 1. The molecule has 220 valence electrons. The van der Waals surface area contributed by atoms with E-state index in [1.807, 2.05) is 60.7 Å². The number of amides is 3. The third kappa shape index (κ3) is 7.65. The zero-order chi connectivity index (χ0) is 29.4. The molecule has 1 heterocycles. The minimum Gasteiger partial charge on any atom is -0.453 e. The van der Waals surface area contributed by atoms with Crippen LogP contribution in [0.4, 0.5) is 4.79 Å². The van der Waals surface area contributed by atoms with Crippen molar-refractivity contribution < 1.29 is 19.1 Å². The van der Waals surface area contributed by atoms with Crippen molar-refractivity contribution in [2.24, 2.45) is 11.8 Å². The average Bonchev–Trinajstić information content (AvgIpc) is 3.75. The molecular formula is C32H43N5O4. The van der Waals surface area contributed by atoms with Crippen LogP contribution in [0, 0.1) is 17.2 Å². The molecule has 0 bridgehead atoms. The maximum absolute atomic E-state index is 14.2. The fourth-order valence-electron chi connectivity index (χ4n) is 5.78. The number of nitrogens with zero attached hydrogens (tertiary/aromatic N) is 1. The largest absolute Gasteiger partial charge is 0.453 e.